The van der Waals surface area contributed by atoms with E-state index in [1.54, 1.807) is 0 Å². The Morgan fingerprint density at radius 3 is 1.11 bits per heavy atom. The van der Waals surface area contributed by atoms with E-state index in [4.69, 9.17) is 0 Å². The molecule has 0 radical (unpaired) electrons. The highest BCUT2D eigenvalue weighted by molar-refractivity contribution is 5.23. The first kappa shape index (κ1) is 16.9. The first-order valence-electron chi connectivity index (χ1n) is 5.55. The molecule has 2 aromatic carbocycles. The van der Waals surface area contributed by atoms with Crippen molar-refractivity contribution in [2.45, 2.75) is 12.1 Å². The van der Waals surface area contributed by atoms with Gasteiger partial charge in [-0.3, -0.25) is 0 Å². The molecule has 98 valence electrons. The predicted octanol–water partition coefficient (Wildman–Crippen LogP) is -5.04. The first-order valence-corrected chi connectivity index (χ1v) is 5.55. The summed E-state index contributed by atoms with van der Waals surface area (Å²) in [4.78, 5) is 0. The van der Waals surface area contributed by atoms with Gasteiger partial charge < -0.3 is 36.3 Å². The number of quaternary nitrogens is 2. The van der Waals surface area contributed by atoms with Crippen molar-refractivity contribution in [2.75, 3.05) is 0 Å². The topological polar surface area (TPSA) is 55.3 Å². The summed E-state index contributed by atoms with van der Waals surface area (Å²) in [5, 5.41) is 0. The summed E-state index contributed by atoms with van der Waals surface area (Å²) in [6.45, 7) is 0. The van der Waals surface area contributed by atoms with E-state index in [0.717, 1.165) is 0 Å². The molecule has 4 heteroatoms. The van der Waals surface area contributed by atoms with Crippen molar-refractivity contribution >= 4 is 0 Å². The highest BCUT2D eigenvalue weighted by atomic mass is 35.5. The molecule has 0 fully saturated rings. The minimum absolute atomic E-state index is 0. The van der Waals surface area contributed by atoms with Crippen LogP contribution in [0.2, 0.25) is 0 Å². The Balaban J connectivity index is 0.00000144. The van der Waals surface area contributed by atoms with E-state index in [0.29, 0.717) is 0 Å². The monoisotopic (exact) mass is 284 g/mol. The smallest absolute Gasteiger partial charge is 0.167 e. The molecule has 0 aromatic heterocycles. The van der Waals surface area contributed by atoms with Crippen LogP contribution in [0.3, 0.4) is 0 Å². The molecular weight excluding hydrogens is 267 g/mol. The van der Waals surface area contributed by atoms with Gasteiger partial charge in [0.15, 0.2) is 12.1 Å². The molecule has 2 aromatic rings. The molecule has 2 atom stereocenters. The van der Waals surface area contributed by atoms with E-state index in [-0.39, 0.29) is 36.9 Å². The molecule has 0 aliphatic carbocycles. The lowest BCUT2D eigenvalue weighted by Gasteiger charge is -2.14. The van der Waals surface area contributed by atoms with Crippen LogP contribution < -0.4 is 36.3 Å². The van der Waals surface area contributed by atoms with Crippen LogP contribution >= 0.6 is 0 Å². The lowest BCUT2D eigenvalue weighted by Crippen LogP contribution is -3.00. The van der Waals surface area contributed by atoms with E-state index in [1.807, 2.05) is 36.4 Å². The zero-order valence-electron chi connectivity index (χ0n) is 10.1. The van der Waals surface area contributed by atoms with Crippen LogP contribution in [0.15, 0.2) is 60.7 Å². The standard InChI is InChI=1S/C14H16N2.2ClH/c15-13(11-7-3-1-4-8-11)14(16)12-9-5-2-6-10-12;;/h1-10,13-14H,15-16H2;2*1H/t13-,14-;;/m0../s1. The zero-order valence-corrected chi connectivity index (χ0v) is 11.6. The molecule has 0 unspecified atom stereocenters. The van der Waals surface area contributed by atoms with Gasteiger partial charge in [0.2, 0.25) is 0 Å². The maximum atomic E-state index is 4.22. The Morgan fingerprint density at radius 2 is 0.833 bits per heavy atom. The predicted molar refractivity (Wildman–Crippen MR) is 64.1 cm³/mol. The second-order valence-corrected chi connectivity index (χ2v) is 4.03. The van der Waals surface area contributed by atoms with Crippen molar-refractivity contribution in [3.63, 3.8) is 0 Å². The van der Waals surface area contributed by atoms with Gasteiger partial charge in [0.1, 0.15) is 0 Å². The number of benzene rings is 2. The molecule has 0 bridgehead atoms. The number of rotatable bonds is 3. The summed E-state index contributed by atoms with van der Waals surface area (Å²) in [5.74, 6) is 0. The van der Waals surface area contributed by atoms with E-state index in [1.165, 1.54) is 11.1 Å². The summed E-state index contributed by atoms with van der Waals surface area (Å²) < 4.78 is 0. The second-order valence-electron chi connectivity index (χ2n) is 4.03. The Bertz CT molecular complexity index is 391. The Labute approximate surface area is 120 Å². The van der Waals surface area contributed by atoms with Crippen LogP contribution in [0.5, 0.6) is 0 Å². The Kier molecular flexibility index (Phi) is 7.64. The van der Waals surface area contributed by atoms with Gasteiger partial charge in [-0.15, -0.1) is 0 Å². The van der Waals surface area contributed by atoms with Gasteiger partial charge in [-0.25, -0.2) is 0 Å². The molecule has 18 heavy (non-hydrogen) atoms. The van der Waals surface area contributed by atoms with E-state index in [2.05, 4.69) is 35.7 Å². The van der Waals surface area contributed by atoms with E-state index >= 15 is 0 Å². The average molecular weight is 285 g/mol. The molecule has 0 aliphatic rings. The number of hydrogen-bond acceptors (Lipinski definition) is 0. The summed E-state index contributed by atoms with van der Waals surface area (Å²) in [5.41, 5.74) is 10.9. The normalized spacial score (nSPS) is 12.8. The highest BCUT2D eigenvalue weighted by Gasteiger charge is 2.23. The summed E-state index contributed by atoms with van der Waals surface area (Å²) in [6.07, 6.45) is 0. The van der Waals surface area contributed by atoms with Crippen molar-refractivity contribution < 1.29 is 36.3 Å². The van der Waals surface area contributed by atoms with Crippen molar-refractivity contribution in [1.82, 2.24) is 0 Å². The fourth-order valence-electron chi connectivity index (χ4n) is 1.87. The first-order chi connectivity index (χ1) is 7.79. The quantitative estimate of drug-likeness (QED) is 0.567. The van der Waals surface area contributed by atoms with Gasteiger partial charge in [0, 0.05) is 11.1 Å². The average Bonchev–Trinajstić information content (AvgIpc) is 2.39. The van der Waals surface area contributed by atoms with Gasteiger partial charge in [-0.1, -0.05) is 60.7 Å². The largest absolute Gasteiger partial charge is 1.00 e. The van der Waals surface area contributed by atoms with Crippen molar-refractivity contribution in [3.8, 4) is 0 Å². The molecule has 0 saturated heterocycles. The van der Waals surface area contributed by atoms with Crippen molar-refractivity contribution in [1.29, 1.82) is 0 Å². The molecule has 2 nitrogen and oxygen atoms in total. The van der Waals surface area contributed by atoms with Gasteiger partial charge >= 0.3 is 0 Å². The lowest BCUT2D eigenvalue weighted by molar-refractivity contribution is -0.540. The summed E-state index contributed by atoms with van der Waals surface area (Å²) in [6, 6.07) is 21.1. The molecule has 0 heterocycles. The van der Waals surface area contributed by atoms with Crippen LogP contribution in [-0.4, -0.2) is 0 Å². The number of hydrogen-bond donors (Lipinski definition) is 2. The fraction of sp³-hybridized carbons (Fsp3) is 0.143. The second kappa shape index (κ2) is 8.11. The third kappa shape index (κ3) is 4.00. The molecule has 6 N–H and O–H groups in total. The van der Waals surface area contributed by atoms with Crippen LogP contribution in [0.25, 0.3) is 0 Å². The van der Waals surface area contributed by atoms with Crippen molar-refractivity contribution in [3.05, 3.63) is 71.8 Å². The van der Waals surface area contributed by atoms with Gasteiger partial charge in [0.25, 0.3) is 0 Å². The van der Waals surface area contributed by atoms with Gasteiger partial charge in [0.05, 0.1) is 0 Å². The summed E-state index contributed by atoms with van der Waals surface area (Å²) >= 11 is 0. The van der Waals surface area contributed by atoms with E-state index < -0.39 is 0 Å². The van der Waals surface area contributed by atoms with Gasteiger partial charge in [-0.05, 0) is 0 Å². The van der Waals surface area contributed by atoms with Crippen LogP contribution in [0.4, 0.5) is 0 Å². The molecule has 2 rings (SSSR count). The molecular formula is C14H18Cl2N2. The molecule has 0 saturated carbocycles. The Hall–Kier alpha value is -1.06. The maximum absolute atomic E-state index is 4.22. The third-order valence-electron chi connectivity index (χ3n) is 2.94. The molecule has 0 spiro atoms. The van der Waals surface area contributed by atoms with E-state index in [9.17, 15) is 0 Å². The third-order valence-corrected chi connectivity index (χ3v) is 2.94. The van der Waals surface area contributed by atoms with Gasteiger partial charge in [-0.2, -0.15) is 0 Å². The van der Waals surface area contributed by atoms with Crippen LogP contribution in [0.1, 0.15) is 23.2 Å². The van der Waals surface area contributed by atoms with Crippen LogP contribution in [0, 0.1) is 0 Å². The zero-order chi connectivity index (χ0) is 11.4. The minimum Gasteiger partial charge on any atom is -1.00 e. The lowest BCUT2D eigenvalue weighted by atomic mass is 9.95. The number of halogens is 2. The molecule has 0 aliphatic heterocycles. The Morgan fingerprint density at radius 1 is 0.556 bits per heavy atom. The minimum atomic E-state index is 0. The fourth-order valence-corrected chi connectivity index (χ4v) is 1.87. The summed E-state index contributed by atoms with van der Waals surface area (Å²) in [7, 11) is 0. The highest BCUT2D eigenvalue weighted by Crippen LogP contribution is 2.20. The van der Waals surface area contributed by atoms with Crippen molar-refractivity contribution in [2.24, 2.45) is 0 Å². The SMILES string of the molecule is [Cl-].[Cl-].[NH3+][C@@H](c1ccccc1)[C@@H]([NH3+])c1ccccc1. The maximum Gasteiger partial charge on any atom is 0.167 e. The molecule has 0 amide bonds. The van der Waals surface area contributed by atoms with Crippen LogP contribution in [-0.2, 0) is 0 Å².